The second kappa shape index (κ2) is 5.62. The van der Waals surface area contributed by atoms with E-state index >= 15 is 0 Å². The van der Waals surface area contributed by atoms with E-state index < -0.39 is 0 Å². The Hall–Kier alpha value is -2.06. The Kier molecular flexibility index (Phi) is 3.47. The first kappa shape index (κ1) is 13.6. The molecule has 1 saturated carbocycles. The van der Waals surface area contributed by atoms with Crippen LogP contribution >= 0.6 is 0 Å². The Bertz CT molecular complexity index is 773. The van der Waals surface area contributed by atoms with E-state index in [9.17, 15) is 5.11 Å². The molecule has 2 heteroatoms. The van der Waals surface area contributed by atoms with Crippen LogP contribution in [0.4, 0.5) is 0 Å². The molecule has 0 spiro atoms. The molecule has 0 aliphatic heterocycles. The molecule has 0 bridgehead atoms. The van der Waals surface area contributed by atoms with Crippen molar-refractivity contribution >= 4 is 11.0 Å². The topological polar surface area (TPSA) is 33.4 Å². The van der Waals surface area contributed by atoms with Crippen molar-refractivity contribution in [2.75, 3.05) is 6.61 Å². The van der Waals surface area contributed by atoms with Crippen molar-refractivity contribution in [1.29, 1.82) is 0 Å². The van der Waals surface area contributed by atoms with Gasteiger partial charge in [0.2, 0.25) is 0 Å². The minimum Gasteiger partial charge on any atom is -0.456 e. The van der Waals surface area contributed by atoms with Gasteiger partial charge in [0.25, 0.3) is 0 Å². The SMILES string of the molecule is OC[C@H]1CC[C@@H](c2ccc3oc(-c4ccccc4)cc3c2)C1. The quantitative estimate of drug-likeness (QED) is 0.739. The molecule has 2 atom stereocenters. The highest BCUT2D eigenvalue weighted by Gasteiger charge is 2.25. The Morgan fingerprint density at radius 1 is 1.00 bits per heavy atom. The van der Waals surface area contributed by atoms with Gasteiger partial charge < -0.3 is 9.52 Å². The first-order valence-electron chi connectivity index (χ1n) is 8.03. The average Bonchev–Trinajstić information content (AvgIpc) is 3.21. The summed E-state index contributed by atoms with van der Waals surface area (Å²) >= 11 is 0. The second-order valence-corrected chi connectivity index (χ2v) is 6.33. The summed E-state index contributed by atoms with van der Waals surface area (Å²) in [5.41, 5.74) is 3.43. The normalized spacial score (nSPS) is 21.5. The van der Waals surface area contributed by atoms with Crippen molar-refractivity contribution in [1.82, 2.24) is 0 Å². The summed E-state index contributed by atoms with van der Waals surface area (Å²) in [7, 11) is 0. The van der Waals surface area contributed by atoms with Crippen LogP contribution in [-0.2, 0) is 0 Å². The third-order valence-corrected chi connectivity index (χ3v) is 4.87. The summed E-state index contributed by atoms with van der Waals surface area (Å²) in [5.74, 6) is 1.98. The lowest BCUT2D eigenvalue weighted by molar-refractivity contribution is 0.229. The number of aliphatic hydroxyl groups excluding tert-OH is 1. The number of rotatable bonds is 3. The van der Waals surface area contributed by atoms with Crippen LogP contribution in [0.1, 0.15) is 30.7 Å². The largest absolute Gasteiger partial charge is 0.456 e. The van der Waals surface area contributed by atoms with Crippen molar-refractivity contribution in [3.05, 3.63) is 60.2 Å². The molecule has 1 N–H and O–H groups in total. The average molecular weight is 292 g/mol. The molecular formula is C20H20O2. The number of hydrogen-bond acceptors (Lipinski definition) is 2. The molecule has 22 heavy (non-hydrogen) atoms. The molecule has 2 nitrogen and oxygen atoms in total. The van der Waals surface area contributed by atoms with E-state index in [1.165, 1.54) is 17.4 Å². The molecule has 2 aromatic carbocycles. The van der Waals surface area contributed by atoms with Crippen molar-refractivity contribution in [3.63, 3.8) is 0 Å². The number of benzene rings is 2. The molecular weight excluding hydrogens is 272 g/mol. The van der Waals surface area contributed by atoms with Crippen molar-refractivity contribution in [3.8, 4) is 11.3 Å². The smallest absolute Gasteiger partial charge is 0.135 e. The molecule has 0 amide bonds. The van der Waals surface area contributed by atoms with Gasteiger partial charge in [-0.1, -0.05) is 36.4 Å². The van der Waals surface area contributed by atoms with Crippen LogP contribution in [0.25, 0.3) is 22.3 Å². The molecule has 0 saturated heterocycles. The van der Waals surface area contributed by atoms with Gasteiger partial charge >= 0.3 is 0 Å². The van der Waals surface area contributed by atoms with E-state index in [1.54, 1.807) is 0 Å². The lowest BCUT2D eigenvalue weighted by atomic mass is 9.95. The predicted octanol–water partition coefficient (Wildman–Crippen LogP) is 4.98. The summed E-state index contributed by atoms with van der Waals surface area (Å²) in [4.78, 5) is 0. The van der Waals surface area contributed by atoms with Crippen molar-refractivity contribution in [2.24, 2.45) is 5.92 Å². The summed E-state index contributed by atoms with van der Waals surface area (Å²) in [6.07, 6.45) is 3.42. The highest BCUT2D eigenvalue weighted by molar-refractivity contribution is 5.83. The molecule has 1 heterocycles. The van der Waals surface area contributed by atoms with E-state index in [0.717, 1.165) is 29.7 Å². The molecule has 1 aliphatic rings. The maximum atomic E-state index is 9.32. The van der Waals surface area contributed by atoms with E-state index in [-0.39, 0.29) is 0 Å². The summed E-state index contributed by atoms with van der Waals surface area (Å²) < 4.78 is 5.97. The maximum absolute atomic E-state index is 9.32. The lowest BCUT2D eigenvalue weighted by Crippen LogP contribution is -2.00. The van der Waals surface area contributed by atoms with Crippen LogP contribution in [0, 0.1) is 5.92 Å². The van der Waals surface area contributed by atoms with Gasteiger partial charge in [0, 0.05) is 17.6 Å². The zero-order chi connectivity index (χ0) is 14.9. The maximum Gasteiger partial charge on any atom is 0.135 e. The first-order valence-corrected chi connectivity index (χ1v) is 8.03. The summed E-state index contributed by atoms with van der Waals surface area (Å²) in [6, 6.07) is 18.9. The Morgan fingerprint density at radius 2 is 1.86 bits per heavy atom. The Morgan fingerprint density at radius 3 is 2.64 bits per heavy atom. The van der Waals surface area contributed by atoms with Gasteiger partial charge in [0.1, 0.15) is 11.3 Å². The van der Waals surface area contributed by atoms with Gasteiger partial charge in [-0.3, -0.25) is 0 Å². The number of furan rings is 1. The number of aliphatic hydroxyl groups is 1. The molecule has 0 radical (unpaired) electrons. The summed E-state index contributed by atoms with van der Waals surface area (Å²) in [6.45, 7) is 0.322. The fourth-order valence-electron chi connectivity index (χ4n) is 3.60. The number of hydrogen-bond donors (Lipinski definition) is 1. The Labute approximate surface area is 130 Å². The van der Waals surface area contributed by atoms with E-state index in [0.29, 0.717) is 18.4 Å². The van der Waals surface area contributed by atoms with Crippen LogP contribution < -0.4 is 0 Å². The third kappa shape index (κ3) is 2.44. The minimum absolute atomic E-state index is 0.322. The van der Waals surface area contributed by atoms with Crippen LogP contribution in [0.15, 0.2) is 59.0 Å². The molecule has 1 aliphatic carbocycles. The second-order valence-electron chi connectivity index (χ2n) is 6.33. The predicted molar refractivity (Wildman–Crippen MR) is 88.8 cm³/mol. The van der Waals surface area contributed by atoms with E-state index in [4.69, 9.17) is 4.42 Å². The van der Waals surface area contributed by atoms with Gasteiger partial charge in [0.15, 0.2) is 0 Å². The standard InChI is InChI=1S/C20H20O2/c21-13-14-6-7-16(10-14)17-8-9-19-18(11-17)12-20(22-19)15-4-2-1-3-5-15/h1-5,8-9,11-12,14,16,21H,6-7,10,13H2/t14-,16+/m0/s1. The Balaban J connectivity index is 1.67. The van der Waals surface area contributed by atoms with Crippen LogP contribution in [0.2, 0.25) is 0 Å². The van der Waals surface area contributed by atoms with Gasteiger partial charge in [-0.2, -0.15) is 0 Å². The van der Waals surface area contributed by atoms with Crippen molar-refractivity contribution < 1.29 is 9.52 Å². The zero-order valence-corrected chi connectivity index (χ0v) is 12.5. The third-order valence-electron chi connectivity index (χ3n) is 4.87. The highest BCUT2D eigenvalue weighted by Crippen LogP contribution is 2.39. The van der Waals surface area contributed by atoms with E-state index in [2.05, 4.69) is 36.4 Å². The van der Waals surface area contributed by atoms with Crippen LogP contribution in [0.5, 0.6) is 0 Å². The van der Waals surface area contributed by atoms with Crippen molar-refractivity contribution in [2.45, 2.75) is 25.2 Å². The molecule has 0 unspecified atom stereocenters. The summed E-state index contributed by atoms with van der Waals surface area (Å²) in [5, 5.41) is 10.5. The van der Waals surface area contributed by atoms with Gasteiger partial charge in [-0.15, -0.1) is 0 Å². The monoisotopic (exact) mass is 292 g/mol. The fourth-order valence-corrected chi connectivity index (χ4v) is 3.60. The van der Waals surface area contributed by atoms with E-state index in [1.807, 2.05) is 18.2 Å². The van der Waals surface area contributed by atoms with Gasteiger partial charge in [-0.25, -0.2) is 0 Å². The molecule has 112 valence electrons. The molecule has 4 rings (SSSR count). The van der Waals surface area contributed by atoms with Crippen LogP contribution in [-0.4, -0.2) is 11.7 Å². The van der Waals surface area contributed by atoms with Crippen LogP contribution in [0.3, 0.4) is 0 Å². The molecule has 3 aromatic rings. The fraction of sp³-hybridized carbons (Fsp3) is 0.300. The molecule has 1 fully saturated rings. The zero-order valence-electron chi connectivity index (χ0n) is 12.5. The van der Waals surface area contributed by atoms with Gasteiger partial charge in [0.05, 0.1) is 0 Å². The first-order chi connectivity index (χ1) is 10.8. The minimum atomic E-state index is 0.322. The number of fused-ring (bicyclic) bond motifs is 1. The van der Waals surface area contributed by atoms with Gasteiger partial charge in [-0.05, 0) is 54.9 Å². The highest BCUT2D eigenvalue weighted by atomic mass is 16.3. The lowest BCUT2D eigenvalue weighted by Gasteiger charge is -2.10. The molecule has 1 aromatic heterocycles.